The van der Waals surface area contributed by atoms with E-state index in [-0.39, 0.29) is 6.04 Å². The van der Waals surface area contributed by atoms with Gasteiger partial charge in [0.05, 0.1) is 7.11 Å². The van der Waals surface area contributed by atoms with Crippen molar-refractivity contribution in [1.82, 2.24) is 0 Å². The van der Waals surface area contributed by atoms with Crippen LogP contribution in [-0.2, 0) is 5.75 Å². The van der Waals surface area contributed by atoms with Crippen LogP contribution in [0.1, 0.15) is 50.3 Å². The molecule has 1 aromatic rings. The van der Waals surface area contributed by atoms with Gasteiger partial charge in [0.25, 0.3) is 0 Å². The van der Waals surface area contributed by atoms with Gasteiger partial charge in [-0.2, -0.15) is 11.8 Å². The molecule has 0 amide bonds. The zero-order valence-corrected chi connectivity index (χ0v) is 12.6. The molecule has 102 valence electrons. The fraction of sp³-hybridized carbons (Fsp3) is 0.600. The first-order chi connectivity index (χ1) is 8.69. The molecule has 0 spiro atoms. The highest BCUT2D eigenvalue weighted by molar-refractivity contribution is 7.98. The maximum absolute atomic E-state index is 5.92. The van der Waals surface area contributed by atoms with Crippen molar-refractivity contribution in [2.45, 2.75) is 44.9 Å². The van der Waals surface area contributed by atoms with Crippen LogP contribution in [0.4, 0.5) is 0 Å². The molecule has 0 saturated carbocycles. The molecule has 0 aliphatic rings. The van der Waals surface area contributed by atoms with Crippen molar-refractivity contribution in [3.8, 4) is 5.75 Å². The van der Waals surface area contributed by atoms with Gasteiger partial charge in [0.1, 0.15) is 5.75 Å². The monoisotopic (exact) mass is 267 g/mol. The Labute approximate surface area is 115 Å². The lowest BCUT2D eigenvalue weighted by atomic mass is 10.1. The molecule has 0 aromatic heterocycles. The van der Waals surface area contributed by atoms with Crippen LogP contribution < -0.4 is 10.5 Å². The van der Waals surface area contributed by atoms with Crippen LogP contribution in [0, 0.1) is 0 Å². The van der Waals surface area contributed by atoms with E-state index < -0.39 is 0 Å². The number of benzene rings is 1. The lowest BCUT2D eigenvalue weighted by Gasteiger charge is -2.12. The maximum atomic E-state index is 5.92. The van der Waals surface area contributed by atoms with Gasteiger partial charge in [-0.3, -0.25) is 0 Å². The highest BCUT2D eigenvalue weighted by Crippen LogP contribution is 2.26. The third kappa shape index (κ3) is 4.91. The first-order valence-corrected chi connectivity index (χ1v) is 7.84. The van der Waals surface area contributed by atoms with Crippen LogP contribution in [0.5, 0.6) is 5.75 Å². The number of unbranched alkanes of at least 4 members (excludes halogenated alkanes) is 2. The molecule has 0 aliphatic heterocycles. The number of rotatable bonds is 8. The molecule has 0 heterocycles. The van der Waals surface area contributed by atoms with Gasteiger partial charge in [-0.15, -0.1) is 0 Å². The summed E-state index contributed by atoms with van der Waals surface area (Å²) >= 11 is 1.98. The number of hydrogen-bond donors (Lipinski definition) is 1. The molecule has 2 N–H and O–H groups in total. The summed E-state index contributed by atoms with van der Waals surface area (Å²) in [5.41, 5.74) is 8.36. The molecule has 0 radical (unpaired) electrons. The summed E-state index contributed by atoms with van der Waals surface area (Å²) in [5.74, 6) is 3.20. The smallest absolute Gasteiger partial charge is 0.122 e. The molecule has 1 aromatic carbocycles. The van der Waals surface area contributed by atoms with Crippen LogP contribution in [0.3, 0.4) is 0 Å². The molecular formula is C15H25NOS. The minimum absolute atomic E-state index is 0.0831. The number of hydrogen-bond acceptors (Lipinski definition) is 3. The maximum Gasteiger partial charge on any atom is 0.122 e. The number of thioether (sulfide) groups is 1. The van der Waals surface area contributed by atoms with Crippen molar-refractivity contribution >= 4 is 11.8 Å². The second-order valence-electron chi connectivity index (χ2n) is 4.62. The molecule has 18 heavy (non-hydrogen) atoms. The van der Waals surface area contributed by atoms with Gasteiger partial charge in [0, 0.05) is 17.4 Å². The second-order valence-corrected chi connectivity index (χ2v) is 5.72. The topological polar surface area (TPSA) is 35.2 Å². The Morgan fingerprint density at radius 1 is 1.33 bits per heavy atom. The van der Waals surface area contributed by atoms with E-state index in [1.165, 1.54) is 36.1 Å². The highest BCUT2D eigenvalue weighted by Gasteiger charge is 2.07. The van der Waals surface area contributed by atoms with E-state index >= 15 is 0 Å². The first kappa shape index (κ1) is 15.4. The van der Waals surface area contributed by atoms with Crippen molar-refractivity contribution in [2.75, 3.05) is 12.9 Å². The van der Waals surface area contributed by atoms with Crippen LogP contribution in [0.25, 0.3) is 0 Å². The van der Waals surface area contributed by atoms with Crippen molar-refractivity contribution in [2.24, 2.45) is 5.73 Å². The Balaban J connectivity index is 2.58. The first-order valence-electron chi connectivity index (χ1n) is 6.69. The highest BCUT2D eigenvalue weighted by atomic mass is 32.2. The average molecular weight is 267 g/mol. The van der Waals surface area contributed by atoms with Gasteiger partial charge >= 0.3 is 0 Å². The zero-order chi connectivity index (χ0) is 13.4. The average Bonchev–Trinajstić information content (AvgIpc) is 2.38. The van der Waals surface area contributed by atoms with E-state index in [4.69, 9.17) is 10.5 Å². The summed E-state index contributed by atoms with van der Waals surface area (Å²) in [4.78, 5) is 0. The third-order valence-electron chi connectivity index (χ3n) is 2.98. The van der Waals surface area contributed by atoms with Gasteiger partial charge in [-0.05, 0) is 36.8 Å². The van der Waals surface area contributed by atoms with Gasteiger partial charge in [-0.1, -0.05) is 25.8 Å². The SMILES string of the molecule is CCCCCSCc1cc(C(C)N)ccc1OC. The van der Waals surface area contributed by atoms with Crippen LogP contribution >= 0.6 is 11.8 Å². The quantitative estimate of drug-likeness (QED) is 0.719. The van der Waals surface area contributed by atoms with E-state index in [9.17, 15) is 0 Å². The number of nitrogens with two attached hydrogens (primary N) is 1. The Morgan fingerprint density at radius 2 is 2.11 bits per heavy atom. The Morgan fingerprint density at radius 3 is 2.72 bits per heavy atom. The molecule has 1 rings (SSSR count). The number of ether oxygens (including phenoxy) is 1. The number of methoxy groups -OCH3 is 1. The third-order valence-corrected chi connectivity index (χ3v) is 4.07. The van der Waals surface area contributed by atoms with Gasteiger partial charge in [-0.25, -0.2) is 0 Å². The summed E-state index contributed by atoms with van der Waals surface area (Å²) in [6.45, 7) is 4.25. The molecule has 1 atom stereocenters. The fourth-order valence-corrected chi connectivity index (χ4v) is 2.83. The largest absolute Gasteiger partial charge is 0.496 e. The summed E-state index contributed by atoms with van der Waals surface area (Å²) < 4.78 is 5.40. The fourth-order valence-electron chi connectivity index (χ4n) is 1.83. The molecule has 3 heteroatoms. The lowest BCUT2D eigenvalue weighted by molar-refractivity contribution is 0.411. The van der Waals surface area contributed by atoms with E-state index in [1.807, 2.05) is 24.8 Å². The lowest BCUT2D eigenvalue weighted by Crippen LogP contribution is -2.05. The Bertz CT molecular complexity index is 352. The molecule has 0 bridgehead atoms. The van der Waals surface area contributed by atoms with Gasteiger partial charge in [0.15, 0.2) is 0 Å². The predicted molar refractivity (Wildman–Crippen MR) is 81.3 cm³/mol. The summed E-state index contributed by atoms with van der Waals surface area (Å²) in [7, 11) is 1.73. The predicted octanol–water partition coefficient (Wildman–Crippen LogP) is 4.14. The van der Waals surface area contributed by atoms with E-state index in [2.05, 4.69) is 19.1 Å². The normalized spacial score (nSPS) is 12.4. The molecule has 1 unspecified atom stereocenters. The Hall–Kier alpha value is -0.670. The second kappa shape index (κ2) is 8.44. The minimum Gasteiger partial charge on any atom is -0.496 e. The molecule has 2 nitrogen and oxygen atoms in total. The van der Waals surface area contributed by atoms with E-state index in [0.717, 1.165) is 11.5 Å². The van der Waals surface area contributed by atoms with Crippen molar-refractivity contribution in [3.63, 3.8) is 0 Å². The van der Waals surface area contributed by atoms with E-state index in [0.29, 0.717) is 0 Å². The summed E-state index contributed by atoms with van der Waals surface area (Å²) in [5, 5.41) is 0. The summed E-state index contributed by atoms with van der Waals surface area (Å²) in [6, 6.07) is 6.34. The van der Waals surface area contributed by atoms with Crippen LogP contribution in [-0.4, -0.2) is 12.9 Å². The molecular weight excluding hydrogens is 242 g/mol. The molecule has 0 saturated heterocycles. The van der Waals surface area contributed by atoms with Crippen LogP contribution in [0.15, 0.2) is 18.2 Å². The minimum atomic E-state index is 0.0831. The van der Waals surface area contributed by atoms with Crippen molar-refractivity contribution < 1.29 is 4.74 Å². The summed E-state index contributed by atoms with van der Waals surface area (Å²) in [6.07, 6.45) is 3.91. The van der Waals surface area contributed by atoms with Gasteiger partial charge < -0.3 is 10.5 Å². The van der Waals surface area contributed by atoms with Crippen LogP contribution in [0.2, 0.25) is 0 Å². The van der Waals surface area contributed by atoms with Gasteiger partial charge in [0.2, 0.25) is 0 Å². The van der Waals surface area contributed by atoms with Crippen molar-refractivity contribution in [3.05, 3.63) is 29.3 Å². The van der Waals surface area contributed by atoms with E-state index in [1.54, 1.807) is 7.11 Å². The zero-order valence-electron chi connectivity index (χ0n) is 11.7. The molecule has 0 aliphatic carbocycles. The Kier molecular flexibility index (Phi) is 7.21. The molecule has 0 fully saturated rings. The van der Waals surface area contributed by atoms with Crippen molar-refractivity contribution in [1.29, 1.82) is 0 Å². The standard InChI is InChI=1S/C15H25NOS/c1-4-5-6-9-18-11-14-10-13(12(2)16)7-8-15(14)17-3/h7-8,10,12H,4-6,9,11,16H2,1-3H3.